The van der Waals surface area contributed by atoms with E-state index in [4.69, 9.17) is 0 Å². The molecule has 2 aromatic heterocycles. The smallest absolute Gasteiger partial charge is 0.191 e. The lowest BCUT2D eigenvalue weighted by Crippen LogP contribution is -2.41. The van der Waals surface area contributed by atoms with Crippen LogP contribution in [0.2, 0.25) is 0 Å². The molecule has 0 radical (unpaired) electrons. The molecule has 2 aromatic rings. The Labute approximate surface area is 136 Å². The molecule has 6 heteroatoms. The van der Waals surface area contributed by atoms with Crippen LogP contribution in [0.25, 0.3) is 5.65 Å². The molecule has 2 rings (SSSR count). The van der Waals surface area contributed by atoms with Crippen molar-refractivity contribution in [3.05, 3.63) is 36.3 Å². The van der Waals surface area contributed by atoms with E-state index in [1.807, 2.05) is 35.0 Å². The van der Waals surface area contributed by atoms with Crippen molar-refractivity contribution in [3.63, 3.8) is 0 Å². The van der Waals surface area contributed by atoms with Crippen molar-refractivity contribution >= 4 is 35.6 Å². The average Bonchev–Trinajstić information content (AvgIpc) is 2.85. The van der Waals surface area contributed by atoms with Crippen molar-refractivity contribution in [2.24, 2.45) is 4.99 Å². The first-order chi connectivity index (χ1) is 9.22. The molecule has 0 aliphatic carbocycles. The molecule has 1 unspecified atom stereocenters. The Kier molecular flexibility index (Phi) is 6.77. The minimum absolute atomic E-state index is 0. The van der Waals surface area contributed by atoms with Crippen molar-refractivity contribution in [3.8, 4) is 0 Å². The lowest BCUT2D eigenvalue weighted by atomic mass is 10.3. The highest BCUT2D eigenvalue weighted by Gasteiger charge is 2.04. The summed E-state index contributed by atoms with van der Waals surface area (Å²) >= 11 is 0. The molecule has 2 heterocycles. The fraction of sp³-hybridized carbons (Fsp3) is 0.429. The van der Waals surface area contributed by atoms with Crippen molar-refractivity contribution in [1.29, 1.82) is 0 Å². The van der Waals surface area contributed by atoms with Crippen LogP contribution in [-0.2, 0) is 6.54 Å². The van der Waals surface area contributed by atoms with Crippen molar-refractivity contribution < 1.29 is 0 Å². The molecule has 0 spiro atoms. The van der Waals surface area contributed by atoms with Gasteiger partial charge < -0.3 is 15.0 Å². The maximum Gasteiger partial charge on any atom is 0.191 e. The van der Waals surface area contributed by atoms with Gasteiger partial charge in [0.05, 0.1) is 12.2 Å². The molecule has 0 aliphatic heterocycles. The van der Waals surface area contributed by atoms with Crippen LogP contribution in [0.5, 0.6) is 0 Å². The lowest BCUT2D eigenvalue weighted by molar-refractivity contribution is 0.623. The summed E-state index contributed by atoms with van der Waals surface area (Å²) in [6.07, 6.45) is 5.09. The number of fused-ring (bicyclic) bond motifs is 1. The number of hydrogen-bond donors (Lipinski definition) is 2. The number of imidazole rings is 1. The molecule has 20 heavy (non-hydrogen) atoms. The van der Waals surface area contributed by atoms with E-state index in [1.165, 1.54) is 0 Å². The number of pyridine rings is 1. The molecular weight excluding hydrogens is 365 g/mol. The van der Waals surface area contributed by atoms with Crippen LogP contribution in [-0.4, -0.2) is 28.4 Å². The first-order valence-corrected chi connectivity index (χ1v) is 6.62. The Bertz CT molecular complexity index is 530. The number of aliphatic imine (C=N–C) groups is 1. The summed E-state index contributed by atoms with van der Waals surface area (Å²) in [6, 6.07) is 6.39. The summed E-state index contributed by atoms with van der Waals surface area (Å²) in [6.45, 7) is 4.95. The monoisotopic (exact) mass is 387 g/mol. The molecule has 0 saturated carbocycles. The maximum atomic E-state index is 4.54. The zero-order valence-corrected chi connectivity index (χ0v) is 14.5. The number of nitrogens with one attached hydrogen (secondary N) is 2. The maximum absolute atomic E-state index is 4.54. The van der Waals surface area contributed by atoms with Crippen LogP contribution in [0.3, 0.4) is 0 Å². The fourth-order valence-corrected chi connectivity index (χ4v) is 1.78. The molecular formula is C14H22IN5. The van der Waals surface area contributed by atoms with Gasteiger partial charge in [0, 0.05) is 25.5 Å². The van der Waals surface area contributed by atoms with Crippen LogP contribution in [0, 0.1) is 0 Å². The zero-order chi connectivity index (χ0) is 13.7. The number of rotatable bonds is 4. The highest BCUT2D eigenvalue weighted by atomic mass is 127. The van der Waals surface area contributed by atoms with Gasteiger partial charge >= 0.3 is 0 Å². The Hall–Kier alpha value is -1.31. The van der Waals surface area contributed by atoms with E-state index in [-0.39, 0.29) is 24.0 Å². The topological polar surface area (TPSA) is 53.7 Å². The molecule has 5 nitrogen and oxygen atoms in total. The van der Waals surface area contributed by atoms with Crippen molar-refractivity contribution in [2.75, 3.05) is 7.05 Å². The van der Waals surface area contributed by atoms with Gasteiger partial charge in [0.2, 0.25) is 0 Å². The molecule has 1 atom stereocenters. The molecule has 0 fully saturated rings. The predicted octanol–water partition coefficient (Wildman–Crippen LogP) is 2.42. The molecule has 0 amide bonds. The third-order valence-electron chi connectivity index (χ3n) is 3.07. The van der Waals surface area contributed by atoms with E-state index < -0.39 is 0 Å². The molecule has 0 saturated heterocycles. The van der Waals surface area contributed by atoms with Gasteiger partial charge in [0.1, 0.15) is 5.65 Å². The van der Waals surface area contributed by atoms with E-state index in [0.717, 1.165) is 23.7 Å². The third kappa shape index (κ3) is 4.36. The van der Waals surface area contributed by atoms with Gasteiger partial charge in [-0.2, -0.15) is 0 Å². The first-order valence-electron chi connectivity index (χ1n) is 6.62. The molecule has 0 aliphatic rings. The normalized spacial score (nSPS) is 12.8. The largest absolute Gasteiger partial charge is 0.354 e. The molecule has 0 bridgehead atoms. The highest BCUT2D eigenvalue weighted by Crippen LogP contribution is 2.03. The van der Waals surface area contributed by atoms with E-state index >= 15 is 0 Å². The second-order valence-corrected chi connectivity index (χ2v) is 4.58. The summed E-state index contributed by atoms with van der Waals surface area (Å²) in [5, 5.41) is 6.60. The van der Waals surface area contributed by atoms with Gasteiger partial charge in [0.15, 0.2) is 5.96 Å². The van der Waals surface area contributed by atoms with Crippen LogP contribution in [0.1, 0.15) is 26.0 Å². The number of nitrogens with zero attached hydrogens (tertiary/aromatic N) is 3. The average molecular weight is 387 g/mol. The van der Waals surface area contributed by atoms with Gasteiger partial charge in [-0.1, -0.05) is 13.0 Å². The first kappa shape index (κ1) is 16.7. The summed E-state index contributed by atoms with van der Waals surface area (Å²) in [4.78, 5) is 8.74. The molecule has 2 N–H and O–H groups in total. The Morgan fingerprint density at radius 3 is 2.90 bits per heavy atom. The Balaban J connectivity index is 0.00000200. The molecule has 110 valence electrons. The predicted molar refractivity (Wildman–Crippen MR) is 93.7 cm³/mol. The van der Waals surface area contributed by atoms with Crippen LogP contribution < -0.4 is 10.6 Å². The quantitative estimate of drug-likeness (QED) is 0.481. The minimum atomic E-state index is 0. The van der Waals surface area contributed by atoms with Crippen molar-refractivity contribution in [2.45, 2.75) is 32.9 Å². The fourth-order valence-electron chi connectivity index (χ4n) is 1.78. The van der Waals surface area contributed by atoms with Gasteiger partial charge in [-0.05, 0) is 25.5 Å². The molecule has 0 aromatic carbocycles. The highest BCUT2D eigenvalue weighted by molar-refractivity contribution is 14.0. The summed E-state index contributed by atoms with van der Waals surface area (Å²) < 4.78 is 2.02. The third-order valence-corrected chi connectivity index (χ3v) is 3.07. The number of halogens is 1. The summed E-state index contributed by atoms with van der Waals surface area (Å²) in [7, 11) is 1.78. The van der Waals surface area contributed by atoms with E-state index in [2.05, 4.69) is 34.5 Å². The van der Waals surface area contributed by atoms with E-state index in [1.54, 1.807) is 7.05 Å². The minimum Gasteiger partial charge on any atom is -0.354 e. The van der Waals surface area contributed by atoms with E-state index in [0.29, 0.717) is 12.6 Å². The van der Waals surface area contributed by atoms with Crippen LogP contribution >= 0.6 is 24.0 Å². The standard InChI is InChI=1S/C14H21N5.HI/c1-4-11(2)17-14(15-3)16-9-12-10-19-8-6-5-7-13(19)18-12;/h5-8,10-11H,4,9H2,1-3H3,(H2,15,16,17);1H. The number of guanidine groups is 1. The second-order valence-electron chi connectivity index (χ2n) is 4.58. The zero-order valence-electron chi connectivity index (χ0n) is 12.1. The van der Waals surface area contributed by atoms with Crippen LogP contribution in [0.15, 0.2) is 35.6 Å². The van der Waals surface area contributed by atoms with Crippen molar-refractivity contribution in [1.82, 2.24) is 20.0 Å². The van der Waals surface area contributed by atoms with Crippen LogP contribution in [0.4, 0.5) is 0 Å². The van der Waals surface area contributed by atoms with Gasteiger partial charge in [-0.25, -0.2) is 4.98 Å². The Morgan fingerprint density at radius 2 is 2.25 bits per heavy atom. The summed E-state index contributed by atoms with van der Waals surface area (Å²) in [5.74, 6) is 0.811. The van der Waals surface area contributed by atoms with Gasteiger partial charge in [-0.15, -0.1) is 24.0 Å². The van der Waals surface area contributed by atoms with Gasteiger partial charge in [0.25, 0.3) is 0 Å². The Morgan fingerprint density at radius 1 is 1.45 bits per heavy atom. The van der Waals surface area contributed by atoms with E-state index in [9.17, 15) is 0 Å². The second kappa shape index (κ2) is 8.08. The number of aromatic nitrogens is 2. The lowest BCUT2D eigenvalue weighted by Gasteiger charge is -2.15. The summed E-state index contributed by atoms with van der Waals surface area (Å²) in [5.41, 5.74) is 1.96. The number of hydrogen-bond acceptors (Lipinski definition) is 2. The SMILES string of the molecule is CCC(C)NC(=NC)NCc1cn2ccccc2n1.I. The van der Waals surface area contributed by atoms with Gasteiger partial charge in [-0.3, -0.25) is 4.99 Å².